The zero-order chi connectivity index (χ0) is 14.6. The lowest BCUT2D eigenvalue weighted by atomic mass is 10.0. The Balaban J connectivity index is 2.93. The van der Waals surface area contributed by atoms with Crippen molar-refractivity contribution in [2.45, 2.75) is 39.3 Å². The normalized spacial score (nSPS) is 14.6. The molecule has 0 radical (unpaired) electrons. The van der Waals surface area contributed by atoms with Crippen LogP contribution in [0.25, 0.3) is 0 Å². The van der Waals surface area contributed by atoms with Gasteiger partial charge in [-0.25, -0.2) is 4.79 Å². The smallest absolute Gasteiger partial charge is 0.410 e. The van der Waals surface area contributed by atoms with Crippen LogP contribution in [0.15, 0.2) is 22.8 Å². The van der Waals surface area contributed by atoms with Crippen LogP contribution in [0.3, 0.4) is 0 Å². The summed E-state index contributed by atoms with van der Waals surface area (Å²) in [6.07, 6.45) is 1.83. The molecule has 19 heavy (non-hydrogen) atoms. The van der Waals surface area contributed by atoms with Crippen molar-refractivity contribution in [1.82, 2.24) is 4.90 Å². The number of hydrogen-bond donors (Lipinski definition) is 0. The minimum Gasteiger partial charge on any atom is -0.467 e. The Kier molecular flexibility index (Phi) is 4.75. The quantitative estimate of drug-likeness (QED) is 0.787. The SMILES string of the molecule is CC(C=O)[C@@H](c1ccco1)N(C)C(=O)OC(C)(C)C. The number of carbonyl (C=O) groups is 2. The first-order valence-corrected chi connectivity index (χ1v) is 6.20. The Labute approximate surface area is 113 Å². The van der Waals surface area contributed by atoms with Gasteiger partial charge in [-0.2, -0.15) is 0 Å². The van der Waals surface area contributed by atoms with Gasteiger partial charge in [0.25, 0.3) is 0 Å². The third-order valence-corrected chi connectivity index (χ3v) is 2.65. The van der Waals surface area contributed by atoms with E-state index in [0.29, 0.717) is 5.76 Å². The number of amides is 1. The van der Waals surface area contributed by atoms with E-state index in [0.717, 1.165) is 6.29 Å². The molecule has 0 saturated carbocycles. The minimum atomic E-state index is -0.580. The molecule has 0 aliphatic heterocycles. The van der Waals surface area contributed by atoms with Crippen molar-refractivity contribution in [3.8, 4) is 0 Å². The van der Waals surface area contributed by atoms with Gasteiger partial charge in [0, 0.05) is 13.0 Å². The van der Waals surface area contributed by atoms with Crippen LogP contribution in [0.5, 0.6) is 0 Å². The maximum absolute atomic E-state index is 12.1. The minimum absolute atomic E-state index is 0.385. The average Bonchev–Trinajstić information content (AvgIpc) is 2.80. The fourth-order valence-corrected chi connectivity index (χ4v) is 1.78. The molecule has 106 valence electrons. The lowest BCUT2D eigenvalue weighted by Crippen LogP contribution is -2.39. The first-order valence-electron chi connectivity index (χ1n) is 6.20. The largest absolute Gasteiger partial charge is 0.467 e. The monoisotopic (exact) mass is 267 g/mol. The van der Waals surface area contributed by atoms with Crippen LogP contribution >= 0.6 is 0 Å². The summed E-state index contributed by atoms with van der Waals surface area (Å²) in [4.78, 5) is 24.5. The fraction of sp³-hybridized carbons (Fsp3) is 0.571. The molecule has 1 aromatic heterocycles. The summed E-state index contributed by atoms with van der Waals surface area (Å²) in [7, 11) is 1.60. The van der Waals surface area contributed by atoms with Gasteiger partial charge in [-0.3, -0.25) is 0 Å². The Hall–Kier alpha value is -1.78. The highest BCUT2D eigenvalue weighted by Gasteiger charge is 2.31. The lowest BCUT2D eigenvalue weighted by Gasteiger charge is -2.31. The lowest BCUT2D eigenvalue weighted by molar-refractivity contribution is -0.112. The van der Waals surface area contributed by atoms with Crippen molar-refractivity contribution in [3.63, 3.8) is 0 Å². The van der Waals surface area contributed by atoms with Gasteiger partial charge in [0.1, 0.15) is 23.7 Å². The molecule has 0 fully saturated rings. The molecule has 0 spiro atoms. The van der Waals surface area contributed by atoms with E-state index in [1.54, 1.807) is 46.9 Å². The van der Waals surface area contributed by atoms with Gasteiger partial charge in [-0.05, 0) is 32.9 Å². The number of ether oxygens (including phenoxy) is 1. The van der Waals surface area contributed by atoms with Crippen molar-refractivity contribution in [2.24, 2.45) is 5.92 Å². The van der Waals surface area contributed by atoms with E-state index in [2.05, 4.69) is 0 Å². The maximum Gasteiger partial charge on any atom is 0.410 e. The number of furan rings is 1. The third-order valence-electron chi connectivity index (χ3n) is 2.65. The molecule has 0 aliphatic carbocycles. The Bertz CT molecular complexity index is 419. The second-order valence-electron chi connectivity index (χ2n) is 5.55. The third kappa shape index (κ3) is 4.12. The summed E-state index contributed by atoms with van der Waals surface area (Å²) in [6.45, 7) is 7.12. The predicted molar refractivity (Wildman–Crippen MR) is 70.7 cm³/mol. The Morgan fingerprint density at radius 3 is 2.53 bits per heavy atom. The Morgan fingerprint density at radius 2 is 2.11 bits per heavy atom. The Morgan fingerprint density at radius 1 is 1.47 bits per heavy atom. The summed E-state index contributed by atoms with van der Waals surface area (Å²) < 4.78 is 10.6. The van der Waals surface area contributed by atoms with Crippen molar-refractivity contribution in [1.29, 1.82) is 0 Å². The number of nitrogens with zero attached hydrogens (tertiary/aromatic N) is 1. The molecular formula is C14H21NO4. The van der Waals surface area contributed by atoms with Crippen molar-refractivity contribution in [2.75, 3.05) is 7.05 Å². The average molecular weight is 267 g/mol. The van der Waals surface area contributed by atoms with Crippen LogP contribution in [0.2, 0.25) is 0 Å². The van der Waals surface area contributed by atoms with Gasteiger partial charge in [0.05, 0.1) is 6.26 Å². The van der Waals surface area contributed by atoms with Crippen molar-refractivity contribution < 1.29 is 18.7 Å². The number of carbonyl (C=O) groups excluding carboxylic acids is 2. The summed E-state index contributed by atoms with van der Waals surface area (Å²) in [5.74, 6) is 0.177. The molecule has 0 bridgehead atoms. The topological polar surface area (TPSA) is 59.8 Å². The molecule has 5 heteroatoms. The summed E-state index contributed by atoms with van der Waals surface area (Å²) in [6, 6.07) is 3.00. The van der Waals surface area contributed by atoms with Crippen molar-refractivity contribution in [3.05, 3.63) is 24.2 Å². The molecule has 0 saturated heterocycles. The molecule has 0 aromatic carbocycles. The zero-order valence-electron chi connectivity index (χ0n) is 12.0. The van der Waals surface area contributed by atoms with Gasteiger partial charge in [-0.1, -0.05) is 6.92 Å². The molecule has 1 aromatic rings. The summed E-state index contributed by atoms with van der Waals surface area (Å²) in [5, 5.41) is 0. The van der Waals surface area contributed by atoms with Crippen LogP contribution in [0.4, 0.5) is 4.79 Å². The maximum atomic E-state index is 12.1. The van der Waals surface area contributed by atoms with Crippen LogP contribution in [-0.4, -0.2) is 29.9 Å². The number of rotatable bonds is 4. The van der Waals surface area contributed by atoms with Gasteiger partial charge < -0.3 is 18.8 Å². The standard InChI is InChI=1S/C14H21NO4/c1-10(9-16)12(11-7-6-8-18-11)15(5)13(17)19-14(2,3)4/h6-10,12H,1-5H3/t10?,12-/m0/s1. The van der Waals surface area contributed by atoms with Gasteiger partial charge >= 0.3 is 6.09 Å². The van der Waals surface area contributed by atoms with Crippen LogP contribution in [-0.2, 0) is 9.53 Å². The van der Waals surface area contributed by atoms with E-state index in [1.807, 2.05) is 0 Å². The first kappa shape index (κ1) is 15.3. The van der Waals surface area contributed by atoms with E-state index >= 15 is 0 Å². The van der Waals surface area contributed by atoms with E-state index in [1.165, 1.54) is 11.2 Å². The molecule has 0 aliphatic rings. The van der Waals surface area contributed by atoms with Gasteiger partial charge in [-0.15, -0.1) is 0 Å². The second kappa shape index (κ2) is 5.91. The zero-order valence-corrected chi connectivity index (χ0v) is 12.0. The summed E-state index contributed by atoms with van der Waals surface area (Å²) in [5.41, 5.74) is -0.580. The van der Waals surface area contributed by atoms with Crippen LogP contribution in [0.1, 0.15) is 39.5 Å². The van der Waals surface area contributed by atoms with E-state index in [-0.39, 0.29) is 5.92 Å². The highest BCUT2D eigenvalue weighted by Crippen LogP contribution is 2.28. The van der Waals surface area contributed by atoms with Crippen molar-refractivity contribution >= 4 is 12.4 Å². The van der Waals surface area contributed by atoms with E-state index in [9.17, 15) is 9.59 Å². The van der Waals surface area contributed by atoms with E-state index in [4.69, 9.17) is 9.15 Å². The predicted octanol–water partition coefficient (Wildman–Crippen LogP) is 3.02. The molecule has 5 nitrogen and oxygen atoms in total. The molecular weight excluding hydrogens is 246 g/mol. The molecule has 0 N–H and O–H groups in total. The second-order valence-corrected chi connectivity index (χ2v) is 5.55. The molecule has 2 atom stereocenters. The van der Waals surface area contributed by atoms with Gasteiger partial charge in [0.2, 0.25) is 0 Å². The molecule has 1 rings (SSSR count). The molecule has 1 heterocycles. The van der Waals surface area contributed by atoms with Gasteiger partial charge in [0.15, 0.2) is 0 Å². The highest BCUT2D eigenvalue weighted by atomic mass is 16.6. The summed E-state index contributed by atoms with van der Waals surface area (Å²) >= 11 is 0. The van der Waals surface area contributed by atoms with E-state index < -0.39 is 17.7 Å². The molecule has 1 amide bonds. The van der Waals surface area contributed by atoms with Crippen LogP contribution < -0.4 is 0 Å². The number of aldehydes is 1. The first-order chi connectivity index (χ1) is 8.76. The highest BCUT2D eigenvalue weighted by molar-refractivity contribution is 5.69. The van der Waals surface area contributed by atoms with Crippen LogP contribution in [0, 0.1) is 5.92 Å². The number of hydrogen-bond acceptors (Lipinski definition) is 4. The fourth-order valence-electron chi connectivity index (χ4n) is 1.78. The molecule has 1 unspecified atom stereocenters.